The minimum absolute atomic E-state index is 0.607. The molecule has 0 saturated carbocycles. The van der Waals surface area contributed by atoms with Crippen LogP contribution in [0.2, 0.25) is 0 Å². The summed E-state index contributed by atoms with van der Waals surface area (Å²) >= 11 is 0. The highest BCUT2D eigenvalue weighted by Crippen LogP contribution is 2.30. The number of aromatic nitrogens is 5. The van der Waals surface area contributed by atoms with Crippen LogP contribution < -0.4 is 19.6 Å². The lowest BCUT2D eigenvalue weighted by Crippen LogP contribution is -2.33. The number of rotatable bonds is 7. The van der Waals surface area contributed by atoms with E-state index < -0.39 is 0 Å². The number of hydrogen-bond acceptors (Lipinski definition) is 7. The summed E-state index contributed by atoms with van der Waals surface area (Å²) in [5, 5.41) is 14.6. The van der Waals surface area contributed by atoms with Gasteiger partial charge in [0.25, 0.3) is 0 Å². The highest BCUT2D eigenvalue weighted by Gasteiger charge is 2.20. The Kier molecular flexibility index (Phi) is 7.31. The van der Waals surface area contributed by atoms with Crippen LogP contribution in [0, 0.1) is 5.92 Å². The summed E-state index contributed by atoms with van der Waals surface area (Å²) in [6.07, 6.45) is 15.7. The van der Waals surface area contributed by atoms with Crippen molar-refractivity contribution >= 4 is 11.9 Å². The first kappa shape index (κ1) is 25.2. The van der Waals surface area contributed by atoms with E-state index in [4.69, 9.17) is 19.8 Å². The van der Waals surface area contributed by atoms with Gasteiger partial charge in [0.2, 0.25) is 5.75 Å². The van der Waals surface area contributed by atoms with Gasteiger partial charge in [0.05, 0.1) is 43.3 Å². The van der Waals surface area contributed by atoms with Gasteiger partial charge in [-0.1, -0.05) is 12.1 Å². The Morgan fingerprint density at radius 1 is 1.05 bits per heavy atom. The zero-order chi connectivity index (χ0) is 26.6. The molecular formula is C30H35N8O+. The molecule has 1 aromatic carbocycles. The molecule has 200 valence electrons. The van der Waals surface area contributed by atoms with Crippen molar-refractivity contribution in [3.8, 4) is 28.3 Å². The molecule has 0 aliphatic carbocycles. The molecule has 6 rings (SSSR count). The van der Waals surface area contributed by atoms with Gasteiger partial charge in [-0.25, -0.2) is 4.57 Å². The molecular weight excluding hydrogens is 488 g/mol. The van der Waals surface area contributed by atoms with E-state index in [1.165, 1.54) is 0 Å². The molecule has 2 aliphatic heterocycles. The Bertz CT molecular complexity index is 1470. The van der Waals surface area contributed by atoms with Gasteiger partial charge in [-0.15, -0.1) is 0 Å². The lowest BCUT2D eigenvalue weighted by Gasteiger charge is -2.22. The van der Waals surface area contributed by atoms with Crippen molar-refractivity contribution in [1.29, 1.82) is 0 Å². The van der Waals surface area contributed by atoms with Gasteiger partial charge >= 0.3 is 5.82 Å². The number of hydrazone groups is 1. The predicted molar refractivity (Wildman–Crippen MR) is 151 cm³/mol. The zero-order valence-electron chi connectivity index (χ0n) is 22.6. The highest BCUT2D eigenvalue weighted by atomic mass is 16.5. The number of aryl methyl sites for hydroxylation is 3. The molecule has 4 aromatic rings. The average Bonchev–Trinajstić information content (AvgIpc) is 3.30. The van der Waals surface area contributed by atoms with Crippen molar-refractivity contribution in [2.75, 3.05) is 24.7 Å². The SMILES string of the molecule is Cn1cc(-c2cnc3c(c2)N(Cc2cccc(-c4ncc(OCC5CCNCC5)c[n+]4C)c2)N=CCC3)cn1. The quantitative estimate of drug-likeness (QED) is 0.372. The van der Waals surface area contributed by atoms with E-state index in [0.717, 1.165) is 90.6 Å². The third-order valence-corrected chi connectivity index (χ3v) is 7.43. The molecule has 0 spiro atoms. The van der Waals surface area contributed by atoms with E-state index in [0.29, 0.717) is 12.5 Å². The van der Waals surface area contributed by atoms with Gasteiger partial charge in [0.15, 0.2) is 6.20 Å². The van der Waals surface area contributed by atoms with Gasteiger partial charge in [-0.05, 0) is 73.4 Å². The van der Waals surface area contributed by atoms with Gasteiger partial charge in [0.1, 0.15) is 6.20 Å². The predicted octanol–water partition coefficient (Wildman–Crippen LogP) is 3.69. The van der Waals surface area contributed by atoms with Crippen molar-refractivity contribution in [1.82, 2.24) is 25.1 Å². The fourth-order valence-electron chi connectivity index (χ4n) is 5.27. The molecule has 2 aliphatic rings. The van der Waals surface area contributed by atoms with Crippen LogP contribution in [-0.2, 0) is 27.1 Å². The Labute approximate surface area is 229 Å². The number of benzene rings is 1. The van der Waals surface area contributed by atoms with E-state index in [2.05, 4.69) is 45.8 Å². The Hall–Kier alpha value is -4.11. The molecule has 0 radical (unpaired) electrons. The van der Waals surface area contributed by atoms with Crippen molar-refractivity contribution in [2.45, 2.75) is 32.2 Å². The Balaban J connectivity index is 1.21. The molecule has 1 fully saturated rings. The van der Waals surface area contributed by atoms with Gasteiger partial charge < -0.3 is 10.1 Å². The van der Waals surface area contributed by atoms with E-state index in [-0.39, 0.29) is 0 Å². The molecule has 0 bridgehead atoms. The lowest BCUT2D eigenvalue weighted by atomic mass is 9.99. The normalized spacial score (nSPS) is 15.7. The zero-order valence-corrected chi connectivity index (χ0v) is 22.6. The minimum atomic E-state index is 0.607. The van der Waals surface area contributed by atoms with Crippen molar-refractivity contribution < 1.29 is 9.30 Å². The van der Waals surface area contributed by atoms with Gasteiger partial charge in [0, 0.05) is 36.8 Å². The maximum absolute atomic E-state index is 6.08. The van der Waals surface area contributed by atoms with E-state index in [1.54, 1.807) is 0 Å². The second-order valence-corrected chi connectivity index (χ2v) is 10.4. The third-order valence-electron chi connectivity index (χ3n) is 7.43. The highest BCUT2D eigenvalue weighted by molar-refractivity contribution is 5.71. The van der Waals surface area contributed by atoms with Crippen LogP contribution in [0.15, 0.2) is 66.4 Å². The van der Waals surface area contributed by atoms with Crippen LogP contribution in [0.25, 0.3) is 22.5 Å². The summed E-state index contributed by atoms with van der Waals surface area (Å²) in [5.74, 6) is 2.31. The van der Waals surface area contributed by atoms with Crippen LogP contribution in [0.4, 0.5) is 5.69 Å². The first-order valence-corrected chi connectivity index (χ1v) is 13.7. The fourth-order valence-corrected chi connectivity index (χ4v) is 5.27. The van der Waals surface area contributed by atoms with Crippen LogP contribution in [0.1, 0.15) is 30.5 Å². The second-order valence-electron chi connectivity index (χ2n) is 10.4. The Morgan fingerprint density at radius 2 is 1.95 bits per heavy atom. The number of anilines is 1. The number of hydrogen-bond donors (Lipinski definition) is 1. The molecule has 0 atom stereocenters. The van der Waals surface area contributed by atoms with Crippen LogP contribution in [0.3, 0.4) is 0 Å². The first-order valence-electron chi connectivity index (χ1n) is 13.7. The van der Waals surface area contributed by atoms with Crippen LogP contribution >= 0.6 is 0 Å². The molecule has 3 aromatic heterocycles. The molecule has 0 amide bonds. The number of ether oxygens (including phenoxy) is 1. The average molecular weight is 524 g/mol. The molecule has 39 heavy (non-hydrogen) atoms. The summed E-state index contributed by atoms with van der Waals surface area (Å²) in [5.41, 5.74) is 6.39. The smallest absolute Gasteiger partial charge is 0.330 e. The standard InChI is InChI=1S/C30H35N8O/c1-36-20-27(39-21-22-8-11-31-12-9-22)17-33-30(36)24-6-3-5-23(13-24)18-38-29-14-25(26-16-35-37(2)19-26)15-32-28(29)7-4-10-34-38/h3,5-6,10,13-17,19-20,22,31H,4,7-9,11-12,18,21H2,1-2H3/q+1. The molecule has 5 heterocycles. The van der Waals surface area contributed by atoms with E-state index >= 15 is 0 Å². The van der Waals surface area contributed by atoms with Gasteiger partial charge in [-0.3, -0.25) is 14.7 Å². The number of nitrogens with zero attached hydrogens (tertiary/aromatic N) is 7. The summed E-state index contributed by atoms with van der Waals surface area (Å²) < 4.78 is 9.94. The summed E-state index contributed by atoms with van der Waals surface area (Å²) in [4.78, 5) is 9.56. The summed E-state index contributed by atoms with van der Waals surface area (Å²) in [6.45, 7) is 3.53. The van der Waals surface area contributed by atoms with Crippen molar-refractivity contribution in [2.24, 2.45) is 25.1 Å². The molecule has 1 saturated heterocycles. The van der Waals surface area contributed by atoms with Crippen molar-refractivity contribution in [3.05, 3.63) is 72.6 Å². The molecule has 1 N–H and O–H groups in total. The lowest BCUT2D eigenvalue weighted by molar-refractivity contribution is -0.663. The summed E-state index contributed by atoms with van der Waals surface area (Å²) in [7, 11) is 3.95. The van der Waals surface area contributed by atoms with Crippen LogP contribution in [-0.4, -0.2) is 45.7 Å². The second kappa shape index (κ2) is 11.3. The topological polar surface area (TPSA) is 84.3 Å². The van der Waals surface area contributed by atoms with Crippen molar-refractivity contribution in [3.63, 3.8) is 0 Å². The number of nitrogens with one attached hydrogen (secondary N) is 1. The Morgan fingerprint density at radius 3 is 2.77 bits per heavy atom. The summed E-state index contributed by atoms with van der Waals surface area (Å²) in [6, 6.07) is 10.7. The maximum Gasteiger partial charge on any atom is 0.330 e. The molecule has 9 heteroatoms. The minimum Gasteiger partial charge on any atom is -0.486 e. The number of piperidine rings is 1. The van der Waals surface area contributed by atoms with E-state index in [9.17, 15) is 0 Å². The maximum atomic E-state index is 6.08. The number of pyridine rings is 1. The molecule has 0 unspecified atom stereocenters. The van der Waals surface area contributed by atoms with Gasteiger partial charge in [-0.2, -0.15) is 10.2 Å². The fraction of sp³-hybridized carbons (Fsp3) is 0.367. The first-order chi connectivity index (χ1) is 19.1. The van der Waals surface area contributed by atoms with E-state index in [1.807, 2.05) is 60.5 Å². The molecule has 9 nitrogen and oxygen atoms in total. The third kappa shape index (κ3) is 5.83. The number of fused-ring (bicyclic) bond motifs is 1. The largest absolute Gasteiger partial charge is 0.486 e. The monoisotopic (exact) mass is 523 g/mol. The van der Waals surface area contributed by atoms with Crippen LogP contribution in [0.5, 0.6) is 5.75 Å².